The van der Waals surface area contributed by atoms with Crippen LogP contribution >= 0.6 is 0 Å². The number of benzene rings is 3. The van der Waals surface area contributed by atoms with Gasteiger partial charge in [-0.05, 0) is 46.7 Å². The van der Waals surface area contributed by atoms with Gasteiger partial charge in [0.15, 0.2) is 5.82 Å². The van der Waals surface area contributed by atoms with E-state index < -0.39 is 0 Å². The molecular formula is C27H28N2O2. The smallest absolute Gasteiger partial charge is 0.261 e. The summed E-state index contributed by atoms with van der Waals surface area (Å²) >= 11 is 0. The van der Waals surface area contributed by atoms with Gasteiger partial charge in [-0.15, -0.1) is 0 Å². The maximum Gasteiger partial charge on any atom is 0.261 e. The zero-order valence-corrected chi connectivity index (χ0v) is 18.7. The van der Waals surface area contributed by atoms with E-state index in [2.05, 4.69) is 49.1 Å². The summed E-state index contributed by atoms with van der Waals surface area (Å²) in [5, 5.41) is 15.5. The molecule has 0 spiro atoms. The molecule has 1 aromatic heterocycles. The van der Waals surface area contributed by atoms with E-state index >= 15 is 0 Å². The highest BCUT2D eigenvalue weighted by atomic mass is 16.5. The van der Waals surface area contributed by atoms with Gasteiger partial charge in [-0.1, -0.05) is 87.4 Å². The van der Waals surface area contributed by atoms with Crippen molar-refractivity contribution in [3.05, 3.63) is 89.2 Å². The largest absolute Gasteiger partial charge is 0.506 e. The third kappa shape index (κ3) is 4.11. The molecule has 0 fully saturated rings. The van der Waals surface area contributed by atoms with Gasteiger partial charge in [0, 0.05) is 11.5 Å². The summed E-state index contributed by atoms with van der Waals surface area (Å²) in [7, 11) is 0. The molecule has 3 aromatic carbocycles. The van der Waals surface area contributed by atoms with Crippen molar-refractivity contribution in [2.24, 2.45) is 0 Å². The molecule has 4 nitrogen and oxygen atoms in total. The number of phenolic OH excluding ortho intramolecular Hbond substituents is 1. The topological polar surface area (TPSA) is 59.2 Å². The molecule has 158 valence electrons. The number of hydrogen-bond donors (Lipinski definition) is 1. The summed E-state index contributed by atoms with van der Waals surface area (Å²) in [5.41, 5.74) is 5.52. The van der Waals surface area contributed by atoms with Gasteiger partial charge in [-0.3, -0.25) is 0 Å². The van der Waals surface area contributed by atoms with E-state index in [1.165, 1.54) is 0 Å². The molecule has 4 rings (SSSR count). The van der Waals surface area contributed by atoms with Crippen molar-refractivity contribution < 1.29 is 9.63 Å². The summed E-state index contributed by atoms with van der Waals surface area (Å²) in [6.07, 6.45) is 0. The van der Waals surface area contributed by atoms with E-state index in [1.54, 1.807) is 0 Å². The number of hydrogen-bond acceptors (Lipinski definition) is 4. The van der Waals surface area contributed by atoms with Gasteiger partial charge >= 0.3 is 0 Å². The van der Waals surface area contributed by atoms with Crippen LogP contribution in [0.4, 0.5) is 0 Å². The summed E-state index contributed by atoms with van der Waals surface area (Å²) in [6, 6.07) is 22.2. The minimum Gasteiger partial charge on any atom is -0.506 e. The molecule has 0 saturated carbocycles. The predicted octanol–water partition coefficient (Wildman–Crippen LogP) is 6.87. The normalized spacial score (nSPS) is 12.7. The number of aromatic hydroxyl groups is 1. The molecule has 0 aliphatic carbocycles. The first kappa shape index (κ1) is 20.9. The number of rotatable bonds is 4. The Morgan fingerprint density at radius 1 is 0.871 bits per heavy atom. The summed E-state index contributed by atoms with van der Waals surface area (Å²) in [6.45, 7) is 10.6. The Balaban J connectivity index is 1.85. The molecule has 4 heteroatoms. The first-order valence-corrected chi connectivity index (χ1v) is 10.6. The van der Waals surface area contributed by atoms with Gasteiger partial charge in [0.2, 0.25) is 0 Å². The molecule has 0 bridgehead atoms. The average Bonchev–Trinajstić information content (AvgIpc) is 3.24. The van der Waals surface area contributed by atoms with Crippen molar-refractivity contribution in [2.45, 2.75) is 46.0 Å². The van der Waals surface area contributed by atoms with Crippen LogP contribution in [0, 0.1) is 6.92 Å². The maximum atomic E-state index is 11.2. The molecule has 1 heterocycles. The Hall–Kier alpha value is -3.40. The fourth-order valence-electron chi connectivity index (χ4n) is 3.72. The van der Waals surface area contributed by atoms with Crippen LogP contribution in [0.5, 0.6) is 5.75 Å². The van der Waals surface area contributed by atoms with E-state index in [0.717, 1.165) is 27.8 Å². The van der Waals surface area contributed by atoms with Crippen LogP contribution in [-0.2, 0) is 5.41 Å². The number of nitrogens with zero attached hydrogens (tertiary/aromatic N) is 2. The summed E-state index contributed by atoms with van der Waals surface area (Å²) < 4.78 is 5.64. The van der Waals surface area contributed by atoms with Crippen molar-refractivity contribution in [2.75, 3.05) is 0 Å². The lowest BCUT2D eigenvalue weighted by Crippen LogP contribution is -2.11. The first-order valence-electron chi connectivity index (χ1n) is 10.6. The molecule has 1 atom stereocenters. The third-order valence-corrected chi connectivity index (χ3v) is 5.77. The zero-order valence-electron chi connectivity index (χ0n) is 18.7. The standard InChI is InChI=1S/C27H28N2O2/c1-17-11-9-10-14-21(17)22-15-20(27(3,4)5)16-23(24(22)30)26-28-25(29-31-26)18(2)19-12-7-6-8-13-19/h6-16,18,30H,1-5H3. The van der Waals surface area contributed by atoms with Gasteiger partial charge in [0.1, 0.15) is 5.75 Å². The van der Waals surface area contributed by atoms with Gasteiger partial charge in [0.25, 0.3) is 5.89 Å². The lowest BCUT2D eigenvalue weighted by molar-refractivity contribution is 0.415. The lowest BCUT2D eigenvalue weighted by atomic mass is 9.83. The fraction of sp³-hybridized carbons (Fsp3) is 0.259. The summed E-state index contributed by atoms with van der Waals surface area (Å²) in [4.78, 5) is 4.66. The Kier molecular flexibility index (Phi) is 5.40. The van der Waals surface area contributed by atoms with Crippen molar-refractivity contribution in [1.29, 1.82) is 0 Å². The van der Waals surface area contributed by atoms with Crippen LogP contribution < -0.4 is 0 Å². The van der Waals surface area contributed by atoms with Gasteiger partial charge in [0.05, 0.1) is 5.56 Å². The van der Waals surface area contributed by atoms with Crippen molar-refractivity contribution >= 4 is 0 Å². The Bertz CT molecular complexity index is 1200. The van der Waals surface area contributed by atoms with Crippen LogP contribution in [0.25, 0.3) is 22.6 Å². The predicted molar refractivity (Wildman–Crippen MR) is 124 cm³/mol. The number of aromatic nitrogens is 2. The Labute approximate surface area is 183 Å². The van der Waals surface area contributed by atoms with Crippen molar-refractivity contribution in [3.63, 3.8) is 0 Å². The summed E-state index contributed by atoms with van der Waals surface area (Å²) in [5.74, 6) is 1.07. The second-order valence-corrected chi connectivity index (χ2v) is 9.07. The molecule has 0 radical (unpaired) electrons. The van der Waals surface area contributed by atoms with E-state index in [0.29, 0.717) is 17.3 Å². The minimum atomic E-state index is -0.111. The third-order valence-electron chi connectivity index (χ3n) is 5.77. The van der Waals surface area contributed by atoms with Crippen molar-refractivity contribution in [3.8, 4) is 28.3 Å². The monoisotopic (exact) mass is 412 g/mol. The molecular weight excluding hydrogens is 384 g/mol. The van der Waals surface area contributed by atoms with E-state index in [1.807, 2.05) is 62.4 Å². The van der Waals surface area contributed by atoms with Crippen LogP contribution in [0.15, 0.2) is 71.3 Å². The molecule has 0 saturated heterocycles. The van der Waals surface area contributed by atoms with Crippen LogP contribution in [0.3, 0.4) is 0 Å². The minimum absolute atomic E-state index is 0.0116. The van der Waals surface area contributed by atoms with Gasteiger partial charge in [-0.25, -0.2) is 0 Å². The van der Waals surface area contributed by atoms with E-state index in [9.17, 15) is 5.11 Å². The fourth-order valence-corrected chi connectivity index (χ4v) is 3.72. The van der Waals surface area contributed by atoms with Crippen LogP contribution in [-0.4, -0.2) is 15.2 Å². The second-order valence-electron chi connectivity index (χ2n) is 9.07. The van der Waals surface area contributed by atoms with Gasteiger partial charge in [-0.2, -0.15) is 4.98 Å². The first-order chi connectivity index (χ1) is 14.8. The molecule has 0 aliphatic heterocycles. The number of phenols is 1. The molecule has 0 amide bonds. The maximum absolute atomic E-state index is 11.2. The lowest BCUT2D eigenvalue weighted by Gasteiger charge is -2.22. The molecule has 1 N–H and O–H groups in total. The highest BCUT2D eigenvalue weighted by Gasteiger charge is 2.24. The average molecular weight is 413 g/mol. The molecule has 1 unspecified atom stereocenters. The second kappa shape index (κ2) is 8.03. The van der Waals surface area contributed by atoms with Gasteiger partial charge < -0.3 is 9.63 Å². The van der Waals surface area contributed by atoms with E-state index in [-0.39, 0.29) is 17.1 Å². The van der Waals surface area contributed by atoms with Crippen LogP contribution in [0.2, 0.25) is 0 Å². The highest BCUT2D eigenvalue weighted by molar-refractivity contribution is 5.82. The molecule has 31 heavy (non-hydrogen) atoms. The molecule has 0 aliphatic rings. The SMILES string of the molecule is Cc1ccccc1-c1cc(C(C)(C)C)cc(-c2nc(C(C)c3ccccc3)no2)c1O. The Morgan fingerprint density at radius 3 is 2.19 bits per heavy atom. The molecule has 4 aromatic rings. The number of aryl methyl sites for hydroxylation is 1. The zero-order chi connectivity index (χ0) is 22.2. The van der Waals surface area contributed by atoms with E-state index in [4.69, 9.17) is 4.52 Å². The highest BCUT2D eigenvalue weighted by Crippen LogP contribution is 2.42. The van der Waals surface area contributed by atoms with Crippen molar-refractivity contribution in [1.82, 2.24) is 10.1 Å². The van der Waals surface area contributed by atoms with Crippen LogP contribution in [0.1, 0.15) is 56.1 Å². The Morgan fingerprint density at radius 2 is 1.52 bits per heavy atom. The quantitative estimate of drug-likeness (QED) is 0.397.